The van der Waals surface area contributed by atoms with E-state index in [2.05, 4.69) is 57.6 Å². The molecule has 4 heteroatoms. The lowest BCUT2D eigenvalue weighted by Gasteiger charge is -2.33. The lowest BCUT2D eigenvalue weighted by molar-refractivity contribution is -0.117. The lowest BCUT2D eigenvalue weighted by Crippen LogP contribution is -2.48. The van der Waals surface area contributed by atoms with Crippen molar-refractivity contribution in [2.45, 2.75) is 13.8 Å². The Bertz CT molecular complexity index is 757. The number of nitrogens with zero attached hydrogens (tertiary/aromatic N) is 2. The van der Waals surface area contributed by atoms with Gasteiger partial charge in [0.1, 0.15) is 0 Å². The van der Waals surface area contributed by atoms with Gasteiger partial charge in [-0.05, 0) is 42.7 Å². The fourth-order valence-corrected chi connectivity index (χ4v) is 3.48. The number of piperazine rings is 1. The van der Waals surface area contributed by atoms with E-state index in [4.69, 9.17) is 0 Å². The normalized spacial score (nSPS) is 15.9. The van der Waals surface area contributed by atoms with Crippen molar-refractivity contribution >= 4 is 17.7 Å². The summed E-state index contributed by atoms with van der Waals surface area (Å²) in [6.45, 7) is 9.37. The molecule has 0 saturated carbocycles. The van der Waals surface area contributed by atoms with Gasteiger partial charge in [0.05, 0.1) is 6.54 Å². The van der Waals surface area contributed by atoms with Gasteiger partial charge in [0.25, 0.3) is 0 Å². The molecule has 0 aliphatic carbocycles. The highest BCUT2D eigenvalue weighted by Gasteiger charge is 2.18. The molecule has 1 saturated heterocycles. The van der Waals surface area contributed by atoms with E-state index in [1.807, 2.05) is 32.0 Å². The van der Waals surface area contributed by atoms with Crippen LogP contribution in [0.15, 0.2) is 54.6 Å². The summed E-state index contributed by atoms with van der Waals surface area (Å²) in [6.07, 6.45) is 4.39. The summed E-state index contributed by atoms with van der Waals surface area (Å²) in [7, 11) is 0. The Morgan fingerprint density at radius 1 is 0.963 bits per heavy atom. The minimum Gasteiger partial charge on any atom is -0.325 e. The summed E-state index contributed by atoms with van der Waals surface area (Å²) in [5, 5.41) is 3.03. The molecule has 0 spiro atoms. The molecule has 0 atom stereocenters. The zero-order valence-corrected chi connectivity index (χ0v) is 16.3. The van der Waals surface area contributed by atoms with Gasteiger partial charge in [0.15, 0.2) is 0 Å². The average Bonchev–Trinajstić information content (AvgIpc) is 2.63. The number of benzene rings is 2. The van der Waals surface area contributed by atoms with Gasteiger partial charge in [-0.3, -0.25) is 14.6 Å². The van der Waals surface area contributed by atoms with Crippen LogP contribution in [0.5, 0.6) is 0 Å². The molecule has 0 radical (unpaired) electrons. The number of carbonyl (C=O) groups excluding carboxylic acids is 1. The maximum absolute atomic E-state index is 12.3. The van der Waals surface area contributed by atoms with E-state index >= 15 is 0 Å². The molecular weight excluding hydrogens is 334 g/mol. The molecule has 1 heterocycles. The van der Waals surface area contributed by atoms with Crippen molar-refractivity contribution in [1.29, 1.82) is 0 Å². The summed E-state index contributed by atoms with van der Waals surface area (Å²) in [6, 6.07) is 16.5. The van der Waals surface area contributed by atoms with E-state index in [9.17, 15) is 4.79 Å². The van der Waals surface area contributed by atoms with E-state index < -0.39 is 0 Å². The molecule has 0 aromatic heterocycles. The van der Waals surface area contributed by atoms with Crippen molar-refractivity contribution in [2.24, 2.45) is 0 Å². The van der Waals surface area contributed by atoms with Gasteiger partial charge in [-0.1, -0.05) is 48.6 Å². The minimum absolute atomic E-state index is 0.0671. The Balaban J connectivity index is 1.40. The Labute approximate surface area is 162 Å². The standard InChI is InChI=1S/C23H29N3O/c1-19-15-20(2)17-22(16-19)24-23(27)18-26-13-11-25(12-14-26)10-6-9-21-7-4-3-5-8-21/h3-9,15-17H,10-14,18H2,1-2H3,(H,24,27)/b9-6+. The zero-order chi connectivity index (χ0) is 19.1. The van der Waals surface area contributed by atoms with Crippen LogP contribution < -0.4 is 5.32 Å². The topological polar surface area (TPSA) is 35.6 Å². The van der Waals surface area contributed by atoms with Crippen LogP contribution in [0.2, 0.25) is 0 Å². The van der Waals surface area contributed by atoms with E-state index in [0.29, 0.717) is 6.54 Å². The first-order valence-corrected chi connectivity index (χ1v) is 9.63. The number of anilines is 1. The third kappa shape index (κ3) is 6.35. The van der Waals surface area contributed by atoms with Crippen molar-refractivity contribution < 1.29 is 4.79 Å². The number of aryl methyl sites for hydroxylation is 2. The molecule has 1 N–H and O–H groups in total. The van der Waals surface area contributed by atoms with Gasteiger partial charge in [-0.2, -0.15) is 0 Å². The number of rotatable bonds is 6. The molecule has 142 valence electrons. The highest BCUT2D eigenvalue weighted by Crippen LogP contribution is 2.14. The molecule has 1 amide bonds. The van der Waals surface area contributed by atoms with Crippen LogP contribution in [0, 0.1) is 13.8 Å². The monoisotopic (exact) mass is 363 g/mol. The molecule has 1 aliphatic heterocycles. The molecule has 0 bridgehead atoms. The van der Waals surface area contributed by atoms with Crippen LogP contribution in [0.25, 0.3) is 6.08 Å². The van der Waals surface area contributed by atoms with E-state index in [1.165, 1.54) is 16.7 Å². The predicted octanol–water partition coefficient (Wildman–Crippen LogP) is 3.57. The molecular formula is C23H29N3O. The third-order valence-electron chi connectivity index (χ3n) is 4.81. The Hall–Kier alpha value is -2.43. The van der Waals surface area contributed by atoms with Crippen molar-refractivity contribution in [2.75, 3.05) is 44.6 Å². The average molecular weight is 364 g/mol. The molecule has 1 aliphatic rings. The van der Waals surface area contributed by atoms with Crippen LogP contribution in [-0.4, -0.2) is 55.0 Å². The SMILES string of the molecule is Cc1cc(C)cc(NC(=O)CN2CCN(C/C=C/c3ccccc3)CC2)c1. The van der Waals surface area contributed by atoms with Crippen LogP contribution >= 0.6 is 0 Å². The first-order valence-electron chi connectivity index (χ1n) is 9.63. The summed E-state index contributed by atoms with van der Waals surface area (Å²) >= 11 is 0. The third-order valence-corrected chi connectivity index (χ3v) is 4.81. The van der Waals surface area contributed by atoms with Gasteiger partial charge >= 0.3 is 0 Å². The first-order chi connectivity index (χ1) is 13.1. The Morgan fingerprint density at radius 2 is 1.59 bits per heavy atom. The Kier molecular flexibility index (Phi) is 6.80. The molecule has 3 rings (SSSR count). The van der Waals surface area contributed by atoms with E-state index in [-0.39, 0.29) is 5.91 Å². The maximum atomic E-state index is 12.3. The van der Waals surface area contributed by atoms with E-state index in [0.717, 1.165) is 38.4 Å². The second-order valence-electron chi connectivity index (χ2n) is 7.31. The van der Waals surface area contributed by atoms with Gasteiger partial charge in [-0.25, -0.2) is 0 Å². The summed E-state index contributed by atoms with van der Waals surface area (Å²) < 4.78 is 0. The van der Waals surface area contributed by atoms with Gasteiger partial charge < -0.3 is 5.32 Å². The van der Waals surface area contributed by atoms with Gasteiger partial charge in [0.2, 0.25) is 5.91 Å². The largest absolute Gasteiger partial charge is 0.325 e. The molecule has 27 heavy (non-hydrogen) atoms. The maximum Gasteiger partial charge on any atom is 0.238 e. The van der Waals surface area contributed by atoms with E-state index in [1.54, 1.807) is 0 Å². The van der Waals surface area contributed by atoms with Gasteiger partial charge in [0, 0.05) is 38.4 Å². The number of hydrogen-bond donors (Lipinski definition) is 1. The van der Waals surface area contributed by atoms with Crippen LogP contribution in [0.4, 0.5) is 5.69 Å². The quantitative estimate of drug-likeness (QED) is 0.852. The number of carbonyl (C=O) groups is 1. The first kappa shape index (κ1) is 19.3. The second kappa shape index (κ2) is 9.49. The number of amides is 1. The van der Waals surface area contributed by atoms with Crippen LogP contribution in [0.3, 0.4) is 0 Å². The van der Waals surface area contributed by atoms with Crippen molar-refractivity contribution in [1.82, 2.24) is 9.80 Å². The predicted molar refractivity (Wildman–Crippen MR) is 113 cm³/mol. The zero-order valence-electron chi connectivity index (χ0n) is 16.3. The fourth-order valence-electron chi connectivity index (χ4n) is 3.48. The highest BCUT2D eigenvalue weighted by molar-refractivity contribution is 5.92. The number of nitrogens with one attached hydrogen (secondary N) is 1. The molecule has 0 unspecified atom stereocenters. The Morgan fingerprint density at radius 3 is 2.26 bits per heavy atom. The van der Waals surface area contributed by atoms with Crippen LogP contribution in [0.1, 0.15) is 16.7 Å². The van der Waals surface area contributed by atoms with Crippen LogP contribution in [-0.2, 0) is 4.79 Å². The van der Waals surface area contributed by atoms with Crippen molar-refractivity contribution in [3.05, 3.63) is 71.3 Å². The highest BCUT2D eigenvalue weighted by atomic mass is 16.2. The summed E-state index contributed by atoms with van der Waals surface area (Å²) in [5.74, 6) is 0.0671. The minimum atomic E-state index is 0.0671. The summed E-state index contributed by atoms with van der Waals surface area (Å²) in [5.41, 5.74) is 4.46. The molecule has 1 fully saturated rings. The van der Waals surface area contributed by atoms with Crippen molar-refractivity contribution in [3.8, 4) is 0 Å². The second-order valence-corrected chi connectivity index (χ2v) is 7.31. The molecule has 2 aromatic rings. The van der Waals surface area contributed by atoms with Crippen molar-refractivity contribution in [3.63, 3.8) is 0 Å². The number of hydrogen-bond acceptors (Lipinski definition) is 3. The summed E-state index contributed by atoms with van der Waals surface area (Å²) in [4.78, 5) is 17.0. The fraction of sp³-hybridized carbons (Fsp3) is 0.348. The molecule has 2 aromatic carbocycles. The van der Waals surface area contributed by atoms with Gasteiger partial charge in [-0.15, -0.1) is 0 Å². The molecule has 4 nitrogen and oxygen atoms in total. The smallest absolute Gasteiger partial charge is 0.238 e. The lowest BCUT2D eigenvalue weighted by atomic mass is 10.1.